The van der Waals surface area contributed by atoms with E-state index in [0.717, 1.165) is 15.4 Å². The van der Waals surface area contributed by atoms with E-state index in [0.29, 0.717) is 11.4 Å². The van der Waals surface area contributed by atoms with Crippen LogP contribution in [0.2, 0.25) is 0 Å². The number of hydrogen-bond donors (Lipinski definition) is 1. The van der Waals surface area contributed by atoms with Gasteiger partial charge in [-0.25, -0.2) is 8.42 Å². The summed E-state index contributed by atoms with van der Waals surface area (Å²) in [4.78, 5) is 13.0. The number of nitrogens with zero attached hydrogens (tertiary/aromatic N) is 1. The highest BCUT2D eigenvalue weighted by Gasteiger charge is 2.30. The van der Waals surface area contributed by atoms with Crippen molar-refractivity contribution in [1.29, 1.82) is 0 Å². The van der Waals surface area contributed by atoms with Crippen LogP contribution in [-0.4, -0.2) is 35.1 Å². The van der Waals surface area contributed by atoms with Crippen molar-refractivity contribution >= 4 is 21.6 Å². The zero-order chi connectivity index (χ0) is 24.0. The van der Waals surface area contributed by atoms with E-state index in [1.165, 1.54) is 7.11 Å². The maximum absolute atomic E-state index is 13.7. The Bertz CT molecular complexity index is 1210. The van der Waals surface area contributed by atoms with Crippen LogP contribution in [0.4, 0.5) is 5.69 Å². The van der Waals surface area contributed by atoms with E-state index in [1.807, 2.05) is 31.2 Å². The van der Waals surface area contributed by atoms with Crippen LogP contribution in [0.3, 0.4) is 0 Å². The third-order valence-corrected chi connectivity index (χ3v) is 7.00. The summed E-state index contributed by atoms with van der Waals surface area (Å²) in [5.74, 6) is 0.402. The van der Waals surface area contributed by atoms with Crippen LogP contribution < -0.4 is 19.1 Å². The molecule has 0 aliphatic rings. The molecule has 3 aromatic rings. The number of aryl methyl sites for hydroxylation is 1. The van der Waals surface area contributed by atoms with Gasteiger partial charge in [-0.15, -0.1) is 0 Å². The van der Waals surface area contributed by atoms with Crippen LogP contribution in [0, 0.1) is 6.92 Å². The summed E-state index contributed by atoms with van der Waals surface area (Å²) in [5, 5.41) is 2.88. The molecule has 8 heteroatoms. The number of methoxy groups -OCH3 is 2. The molecule has 0 spiro atoms. The van der Waals surface area contributed by atoms with Gasteiger partial charge in [-0.2, -0.15) is 0 Å². The molecule has 174 valence electrons. The average molecular weight is 469 g/mol. The van der Waals surface area contributed by atoms with Gasteiger partial charge in [0.15, 0.2) is 0 Å². The number of sulfonamides is 1. The molecule has 0 bridgehead atoms. The first-order valence-electron chi connectivity index (χ1n) is 10.4. The predicted molar refractivity (Wildman–Crippen MR) is 128 cm³/mol. The minimum absolute atomic E-state index is 0.000528. The molecule has 0 radical (unpaired) electrons. The summed E-state index contributed by atoms with van der Waals surface area (Å²) in [6, 6.07) is 20.4. The zero-order valence-corrected chi connectivity index (χ0v) is 19.9. The fraction of sp³-hybridized carbons (Fsp3) is 0.240. The Morgan fingerprint density at radius 3 is 2.24 bits per heavy atom. The quantitative estimate of drug-likeness (QED) is 0.511. The molecule has 7 nitrogen and oxygen atoms in total. The Balaban J connectivity index is 1.94. The maximum atomic E-state index is 13.7. The fourth-order valence-electron chi connectivity index (χ4n) is 3.53. The van der Waals surface area contributed by atoms with Gasteiger partial charge in [0.2, 0.25) is 5.91 Å². The molecular weight excluding hydrogens is 440 g/mol. The van der Waals surface area contributed by atoms with Crippen molar-refractivity contribution in [3.05, 3.63) is 83.9 Å². The number of amides is 1. The summed E-state index contributed by atoms with van der Waals surface area (Å²) in [7, 11) is -1.13. The highest BCUT2D eigenvalue weighted by molar-refractivity contribution is 7.93. The number of hydrogen-bond acceptors (Lipinski definition) is 5. The van der Waals surface area contributed by atoms with E-state index < -0.39 is 22.5 Å². The highest BCUT2D eigenvalue weighted by atomic mass is 32.2. The molecule has 1 amide bonds. The topological polar surface area (TPSA) is 84.9 Å². The number of carbonyl (C=O) groups excluding carboxylic acids is 1. The van der Waals surface area contributed by atoms with E-state index >= 15 is 0 Å². The lowest BCUT2D eigenvalue weighted by Crippen LogP contribution is -2.41. The molecule has 3 aromatic carbocycles. The summed E-state index contributed by atoms with van der Waals surface area (Å²) >= 11 is 0. The lowest BCUT2D eigenvalue weighted by atomic mass is 10.1. The second-order valence-corrected chi connectivity index (χ2v) is 9.36. The molecule has 0 aliphatic heterocycles. The summed E-state index contributed by atoms with van der Waals surface area (Å²) in [6.07, 6.45) is 0. The van der Waals surface area contributed by atoms with Crippen LogP contribution in [0.1, 0.15) is 24.1 Å². The third-order valence-electron chi connectivity index (χ3n) is 5.20. The van der Waals surface area contributed by atoms with Gasteiger partial charge in [-0.3, -0.25) is 9.10 Å². The summed E-state index contributed by atoms with van der Waals surface area (Å²) in [6.45, 7) is 3.22. The van der Waals surface area contributed by atoms with Crippen LogP contribution in [-0.2, 0) is 14.8 Å². The molecule has 0 heterocycles. The number of rotatable bonds is 9. The predicted octanol–water partition coefficient (Wildman–Crippen LogP) is 4.08. The molecular formula is C25H28N2O5S. The minimum atomic E-state index is -4.10. The molecule has 0 fully saturated rings. The monoisotopic (exact) mass is 468 g/mol. The number of nitrogens with one attached hydrogen (secondary N) is 1. The van der Waals surface area contributed by atoms with Crippen molar-refractivity contribution in [3.8, 4) is 11.5 Å². The van der Waals surface area contributed by atoms with Crippen molar-refractivity contribution in [2.24, 2.45) is 0 Å². The number of benzene rings is 3. The van der Waals surface area contributed by atoms with E-state index in [9.17, 15) is 13.2 Å². The molecule has 33 heavy (non-hydrogen) atoms. The normalized spacial score (nSPS) is 12.0. The standard InChI is InChI=1S/C25H28N2O5S/c1-18-14-15-23(32-4)24(16-18)33(29,30)27(20-10-6-5-7-11-20)17-25(28)26-19(2)21-12-8-9-13-22(21)31-3/h5-16,19H,17H2,1-4H3,(H,26,28)/t19-/m0/s1. The second-order valence-electron chi connectivity index (χ2n) is 7.53. The van der Waals surface area contributed by atoms with Gasteiger partial charge in [0.25, 0.3) is 10.0 Å². The Morgan fingerprint density at radius 1 is 0.939 bits per heavy atom. The van der Waals surface area contributed by atoms with Gasteiger partial charge >= 0.3 is 0 Å². The van der Waals surface area contributed by atoms with Crippen molar-refractivity contribution in [2.45, 2.75) is 24.8 Å². The average Bonchev–Trinajstić information content (AvgIpc) is 2.82. The molecule has 0 unspecified atom stereocenters. The SMILES string of the molecule is COc1ccccc1[C@H](C)NC(=O)CN(c1ccccc1)S(=O)(=O)c1cc(C)ccc1OC. The molecule has 1 atom stereocenters. The lowest BCUT2D eigenvalue weighted by Gasteiger charge is -2.26. The first-order chi connectivity index (χ1) is 15.8. The largest absolute Gasteiger partial charge is 0.496 e. The smallest absolute Gasteiger partial charge is 0.268 e. The second kappa shape index (κ2) is 10.4. The Labute approximate surface area is 195 Å². The number of ether oxygens (including phenoxy) is 2. The third kappa shape index (κ3) is 5.46. The maximum Gasteiger partial charge on any atom is 0.268 e. The van der Waals surface area contributed by atoms with Crippen molar-refractivity contribution < 1.29 is 22.7 Å². The Morgan fingerprint density at radius 2 is 1.58 bits per heavy atom. The van der Waals surface area contributed by atoms with E-state index in [-0.39, 0.29) is 16.7 Å². The summed E-state index contributed by atoms with van der Waals surface area (Å²) < 4.78 is 39.2. The van der Waals surface area contributed by atoms with Gasteiger partial charge in [0.1, 0.15) is 22.9 Å². The first kappa shape index (κ1) is 24.1. The zero-order valence-electron chi connectivity index (χ0n) is 19.1. The molecule has 0 aromatic heterocycles. The number of para-hydroxylation sites is 2. The molecule has 3 rings (SSSR count). The Kier molecular flexibility index (Phi) is 7.60. The van der Waals surface area contributed by atoms with Crippen LogP contribution in [0.25, 0.3) is 0 Å². The van der Waals surface area contributed by atoms with Crippen LogP contribution in [0.5, 0.6) is 11.5 Å². The van der Waals surface area contributed by atoms with Gasteiger partial charge in [-0.05, 0) is 49.7 Å². The molecule has 0 saturated heterocycles. The summed E-state index contributed by atoms with van der Waals surface area (Å²) in [5.41, 5.74) is 1.93. The van der Waals surface area contributed by atoms with E-state index in [4.69, 9.17) is 9.47 Å². The molecule has 0 saturated carbocycles. The van der Waals surface area contributed by atoms with E-state index in [1.54, 1.807) is 62.6 Å². The van der Waals surface area contributed by atoms with Crippen LogP contribution in [0.15, 0.2) is 77.7 Å². The fourth-order valence-corrected chi connectivity index (χ4v) is 5.20. The van der Waals surface area contributed by atoms with Crippen molar-refractivity contribution in [2.75, 3.05) is 25.1 Å². The van der Waals surface area contributed by atoms with Gasteiger partial charge in [0.05, 0.1) is 25.9 Å². The Hall–Kier alpha value is -3.52. The van der Waals surface area contributed by atoms with Gasteiger partial charge < -0.3 is 14.8 Å². The lowest BCUT2D eigenvalue weighted by molar-refractivity contribution is -0.120. The number of carbonyl (C=O) groups is 1. The van der Waals surface area contributed by atoms with Gasteiger partial charge in [0, 0.05) is 5.56 Å². The highest BCUT2D eigenvalue weighted by Crippen LogP contribution is 2.31. The minimum Gasteiger partial charge on any atom is -0.496 e. The van der Waals surface area contributed by atoms with Gasteiger partial charge in [-0.1, -0.05) is 42.5 Å². The molecule has 1 N–H and O–H groups in total. The first-order valence-corrected chi connectivity index (χ1v) is 11.9. The van der Waals surface area contributed by atoms with E-state index in [2.05, 4.69) is 5.32 Å². The molecule has 0 aliphatic carbocycles. The van der Waals surface area contributed by atoms with Crippen LogP contribution >= 0.6 is 0 Å². The van der Waals surface area contributed by atoms with Crippen molar-refractivity contribution in [1.82, 2.24) is 5.32 Å². The van der Waals surface area contributed by atoms with Crippen molar-refractivity contribution in [3.63, 3.8) is 0 Å². The number of anilines is 1.